The third kappa shape index (κ3) is 30.8. The zero-order chi connectivity index (χ0) is 68.5. The summed E-state index contributed by atoms with van der Waals surface area (Å²) < 4.78 is 0. The van der Waals surface area contributed by atoms with Crippen LogP contribution in [0.4, 0.5) is 0 Å². The Morgan fingerprint density at radius 1 is 0.533 bits per heavy atom. The molecule has 0 spiro atoms. The number of Topliss-reactive ketones (excluding diaryl/α,β-unsaturated/α-hetero) is 4. The maximum absolute atomic E-state index is 14.8. The lowest BCUT2D eigenvalue weighted by molar-refractivity contribution is -0.137. The number of hydrogen-bond acceptors (Lipinski definition) is 18. The van der Waals surface area contributed by atoms with Crippen LogP contribution in [0.5, 0.6) is 0 Å². The van der Waals surface area contributed by atoms with E-state index in [0.717, 1.165) is 70.6 Å². The summed E-state index contributed by atoms with van der Waals surface area (Å²) in [4.78, 5) is 157. The van der Waals surface area contributed by atoms with Crippen LogP contribution in [0.15, 0.2) is 30.3 Å². The van der Waals surface area contributed by atoms with Crippen molar-refractivity contribution in [3.05, 3.63) is 35.9 Å². The van der Waals surface area contributed by atoms with Crippen molar-refractivity contribution in [1.82, 2.24) is 37.2 Å². The summed E-state index contributed by atoms with van der Waals surface area (Å²) in [6.45, 7) is 8.00. The molecule has 1 aliphatic rings. The Hall–Kier alpha value is -6.09. The first-order valence-corrected chi connectivity index (χ1v) is 34.2. The largest absolute Gasteiger partial charge is 0.393 e. The predicted octanol–water partition coefficient (Wildman–Crippen LogP) is 1.99. The third-order valence-electron chi connectivity index (χ3n) is 17.4. The Morgan fingerprint density at radius 3 is 1.55 bits per heavy atom. The van der Waals surface area contributed by atoms with Gasteiger partial charge in [0, 0.05) is 50.0 Å². The molecule has 13 atom stereocenters. The monoisotopic (exact) mass is 1300 g/mol. The molecule has 0 saturated carbocycles. The molecule has 1 heterocycles. The number of hydrogen-bond donors (Lipinski definition) is 14. The lowest BCUT2D eigenvalue weighted by Gasteiger charge is -2.27. The first-order chi connectivity index (χ1) is 44.0. The third-order valence-corrected chi connectivity index (χ3v) is 17.4. The van der Waals surface area contributed by atoms with E-state index in [2.05, 4.69) is 51.1 Å². The van der Waals surface area contributed by atoms with Gasteiger partial charge >= 0.3 is 0 Å². The van der Waals surface area contributed by atoms with Gasteiger partial charge in [0.1, 0.15) is 12.1 Å². The van der Waals surface area contributed by atoms with Crippen molar-refractivity contribution in [2.75, 3.05) is 39.3 Å². The molecule has 92 heavy (non-hydrogen) atoms. The number of aliphatic hydroxyl groups is 2. The molecule has 25 heteroatoms. The molecule has 1 saturated heterocycles. The van der Waals surface area contributed by atoms with Crippen LogP contribution in [-0.4, -0.2) is 162 Å². The van der Waals surface area contributed by atoms with Crippen molar-refractivity contribution >= 4 is 64.5 Å². The van der Waals surface area contributed by atoms with Crippen LogP contribution in [0.1, 0.15) is 201 Å². The zero-order valence-electron chi connectivity index (χ0n) is 55.8. The summed E-state index contributed by atoms with van der Waals surface area (Å²) in [7, 11) is 0. The van der Waals surface area contributed by atoms with Gasteiger partial charge in [-0.3, -0.25) is 52.7 Å². The molecule has 2 rings (SSSR count). The molecule has 1 aromatic carbocycles. The lowest BCUT2D eigenvalue weighted by atomic mass is 9.89. The number of unbranched alkanes of at least 4 members (excludes halogenated alkanes) is 10. The van der Waals surface area contributed by atoms with Gasteiger partial charge in [-0.1, -0.05) is 128 Å². The molecule has 1 aromatic rings. The first-order valence-electron chi connectivity index (χ1n) is 34.2. The number of rotatable bonds is 39. The van der Waals surface area contributed by atoms with E-state index in [1.807, 2.05) is 6.92 Å². The van der Waals surface area contributed by atoms with E-state index in [4.69, 9.17) is 28.7 Å². The molecule has 0 radical (unpaired) electrons. The van der Waals surface area contributed by atoms with Crippen molar-refractivity contribution in [3.8, 4) is 0 Å². The Bertz CT molecular complexity index is 2420. The smallest absolute Gasteiger partial charge is 0.243 e. The molecule has 0 bridgehead atoms. The fourth-order valence-electron chi connectivity index (χ4n) is 11.6. The van der Waals surface area contributed by atoms with Crippen LogP contribution in [0.25, 0.3) is 0 Å². The molecule has 0 aromatic heterocycles. The second kappa shape index (κ2) is 46.9. The van der Waals surface area contributed by atoms with Crippen LogP contribution in [0.2, 0.25) is 0 Å². The molecule has 25 nitrogen and oxygen atoms in total. The Balaban J connectivity index is 2.69. The van der Waals surface area contributed by atoms with Crippen LogP contribution >= 0.6 is 0 Å². The van der Waals surface area contributed by atoms with E-state index in [1.165, 1.54) is 13.8 Å². The molecule has 19 N–H and O–H groups in total. The summed E-state index contributed by atoms with van der Waals surface area (Å²) in [5.74, 6) is -13.2. The quantitative estimate of drug-likeness (QED) is 0.0419. The number of amides is 7. The maximum atomic E-state index is 14.8. The average molecular weight is 1300 g/mol. The SMILES string of the molecule is CCCCCCCC[C@H](CC)C(=O)N[C@@H](CCN)C(=O)C[C@H](C(=O)N[C@@H](CCN)C(=O)C[C@H]1CCNC(=O)[C@H]([C@@H](C)O)CC(=O)[C@H](CCN)NC(=O)[C@H](CCN)NC(=O)[C@H](CCCCCCCC)NC(=O)[C@@H](Cc2ccccc2)CC(=O)[C@H](CCN)NC1=O)[C@@H](C)O. The van der Waals surface area contributed by atoms with E-state index in [-0.39, 0.29) is 102 Å². The highest BCUT2D eigenvalue weighted by Crippen LogP contribution is 2.23. The summed E-state index contributed by atoms with van der Waals surface area (Å²) in [6, 6.07) is 1.29. The first kappa shape index (κ1) is 82.0. The molecule has 0 aliphatic carbocycles. The summed E-state index contributed by atoms with van der Waals surface area (Å²) in [5, 5.41) is 41.1. The van der Waals surface area contributed by atoms with Crippen molar-refractivity contribution in [2.24, 2.45) is 58.3 Å². The molecule has 1 fully saturated rings. The number of nitrogens with two attached hydrogens (primary N) is 5. The Labute approximate surface area is 546 Å². The van der Waals surface area contributed by atoms with Gasteiger partial charge in [0.05, 0.1) is 48.2 Å². The van der Waals surface area contributed by atoms with Crippen LogP contribution in [0, 0.1) is 29.6 Å². The van der Waals surface area contributed by atoms with Gasteiger partial charge in [-0.15, -0.1) is 0 Å². The normalized spacial score (nSPS) is 22.3. The lowest BCUT2D eigenvalue weighted by Crippen LogP contribution is -2.57. The minimum absolute atomic E-state index is 0.0218. The minimum Gasteiger partial charge on any atom is -0.393 e. The zero-order valence-corrected chi connectivity index (χ0v) is 55.8. The van der Waals surface area contributed by atoms with Crippen LogP contribution in [0.3, 0.4) is 0 Å². The van der Waals surface area contributed by atoms with Gasteiger partial charge < -0.3 is 76.1 Å². The van der Waals surface area contributed by atoms with Crippen LogP contribution < -0.4 is 65.9 Å². The van der Waals surface area contributed by atoms with E-state index >= 15 is 0 Å². The molecule has 1 aliphatic heterocycles. The highest BCUT2D eigenvalue weighted by molar-refractivity contribution is 5.99. The van der Waals surface area contributed by atoms with Crippen LogP contribution in [-0.2, 0) is 59.2 Å². The number of ketones is 4. The van der Waals surface area contributed by atoms with E-state index in [0.29, 0.717) is 24.8 Å². The topological polar surface area (TPSA) is 443 Å². The predicted molar refractivity (Wildman–Crippen MR) is 353 cm³/mol. The molecule has 0 unspecified atom stereocenters. The maximum Gasteiger partial charge on any atom is 0.243 e. The summed E-state index contributed by atoms with van der Waals surface area (Å²) in [6.07, 6.45) is 6.99. The van der Waals surface area contributed by atoms with Crippen molar-refractivity contribution in [1.29, 1.82) is 0 Å². The Morgan fingerprint density at radius 2 is 1.01 bits per heavy atom. The van der Waals surface area contributed by atoms with Crippen molar-refractivity contribution < 1.29 is 63.0 Å². The van der Waals surface area contributed by atoms with E-state index < -0.39 is 156 Å². The summed E-state index contributed by atoms with van der Waals surface area (Å²) >= 11 is 0. The fraction of sp³-hybridized carbons (Fsp3) is 0.746. The van der Waals surface area contributed by atoms with Crippen molar-refractivity contribution in [3.63, 3.8) is 0 Å². The van der Waals surface area contributed by atoms with Gasteiger partial charge in [-0.05, 0) is 116 Å². The second-order valence-corrected chi connectivity index (χ2v) is 25.0. The van der Waals surface area contributed by atoms with Crippen molar-refractivity contribution in [2.45, 2.75) is 250 Å². The van der Waals surface area contributed by atoms with Gasteiger partial charge in [0.2, 0.25) is 41.4 Å². The molecule has 7 amide bonds. The fourth-order valence-corrected chi connectivity index (χ4v) is 11.6. The van der Waals surface area contributed by atoms with E-state index in [1.54, 1.807) is 30.3 Å². The molecule has 522 valence electrons. The highest BCUT2D eigenvalue weighted by Gasteiger charge is 2.38. The minimum atomic E-state index is -1.43. The van der Waals surface area contributed by atoms with Gasteiger partial charge in [0.25, 0.3) is 0 Å². The van der Waals surface area contributed by atoms with E-state index in [9.17, 15) is 63.0 Å². The average Bonchev–Trinajstić information content (AvgIpc) is 1.23. The number of benzene rings is 1. The second-order valence-electron chi connectivity index (χ2n) is 25.0. The molecular weight excluding hydrogens is 1180 g/mol. The highest BCUT2D eigenvalue weighted by atomic mass is 16.3. The number of nitrogens with one attached hydrogen (secondary N) is 7. The number of carbonyl (C=O) groups excluding carboxylic acids is 11. The number of carbonyl (C=O) groups is 11. The Kier molecular flexibility index (Phi) is 41.8. The van der Waals surface area contributed by atoms with Gasteiger partial charge in [-0.25, -0.2) is 0 Å². The molecular formula is C67H116N12O13. The summed E-state index contributed by atoms with van der Waals surface area (Å²) in [5.41, 5.74) is 30.6. The van der Waals surface area contributed by atoms with Gasteiger partial charge in [0.15, 0.2) is 23.1 Å². The van der Waals surface area contributed by atoms with Gasteiger partial charge in [-0.2, -0.15) is 0 Å². The number of aliphatic hydroxyl groups excluding tert-OH is 2. The standard InChI is InChI=1S/C67H116N12O13/c1-6-9-11-13-15-20-24-46(8-3)61(86)74-53(28-34-70)60(85)42-50(44(5)81)65(90)76-52(27-33-69)57(82)39-47-31-37-73-64(89)49(43(4)80)41-59(84)54(29-35-71)77-67(92)56(30-36-72)79-66(91)55(25-21-16-14-12-10-7-2)78-63(88)48(38-45-22-18-17-19-23-45)40-58(83)51(26-32-68)75-62(47)87/h17-19,22-23,43-44,46-56,80-81H,6-16,20-21,24-42,68-72H2,1-5H3,(H,73,89)(H,74,86)(H,75,87)(H,76,90)(H,77,92)(H,78,88)(H,79,91)/t43-,44-,46+,47-,48+,49+,50+,51+,52+,53+,54+,55+,56+/m1/s1.